The molecular weight excluding hydrogens is 272 g/mol. The van der Waals surface area contributed by atoms with Gasteiger partial charge < -0.3 is 4.57 Å². The molecule has 0 unspecified atom stereocenters. The molecule has 2 rings (SSSR count). The van der Waals surface area contributed by atoms with Crippen LogP contribution in [0.5, 0.6) is 0 Å². The van der Waals surface area contributed by atoms with Gasteiger partial charge in [0.25, 0.3) is 0 Å². The molecule has 1 aliphatic heterocycles. The number of hydrogen-bond acceptors (Lipinski definition) is 1. The van der Waals surface area contributed by atoms with E-state index in [1.54, 1.807) is 0 Å². The molecule has 60 valence electrons. The largest absolute Gasteiger partial charge is 0.322 e. The van der Waals surface area contributed by atoms with Crippen molar-refractivity contribution in [3.05, 3.63) is 15.0 Å². The van der Waals surface area contributed by atoms with E-state index in [0.29, 0.717) is 0 Å². The zero-order valence-electron chi connectivity index (χ0n) is 5.98. The van der Waals surface area contributed by atoms with E-state index in [4.69, 9.17) is 0 Å². The minimum Gasteiger partial charge on any atom is -0.322 e. The number of halogens is 2. The summed E-state index contributed by atoms with van der Waals surface area (Å²) < 4.78 is 4.19. The first kappa shape index (κ1) is 7.80. The number of aromatic nitrogens is 2. The fourth-order valence-corrected chi connectivity index (χ4v) is 2.84. The highest BCUT2D eigenvalue weighted by Crippen LogP contribution is 2.26. The Morgan fingerprint density at radius 1 is 1.27 bits per heavy atom. The fraction of sp³-hybridized carbons (Fsp3) is 0.571. The Balaban J connectivity index is 2.52. The molecule has 0 aromatic carbocycles. The third-order valence-corrected chi connectivity index (χ3v) is 3.26. The van der Waals surface area contributed by atoms with Gasteiger partial charge >= 0.3 is 0 Å². The van der Waals surface area contributed by atoms with Gasteiger partial charge in [-0.1, -0.05) is 0 Å². The lowest BCUT2D eigenvalue weighted by atomic mass is 10.1. The second kappa shape index (κ2) is 2.90. The van der Waals surface area contributed by atoms with Crippen molar-refractivity contribution in [3.63, 3.8) is 0 Å². The van der Waals surface area contributed by atoms with Gasteiger partial charge in [0.2, 0.25) is 0 Å². The lowest BCUT2D eigenvalue weighted by Gasteiger charge is -2.14. The smallest absolute Gasteiger partial charge is 0.178 e. The summed E-state index contributed by atoms with van der Waals surface area (Å²) in [6.45, 7) is 1.11. The van der Waals surface area contributed by atoms with Gasteiger partial charge in [0.05, 0.1) is 5.69 Å². The first-order chi connectivity index (χ1) is 5.29. The standard InChI is InChI=1S/C7H8Br2N2/c8-6-5-3-1-2-4-11(5)7(9)10-6/h1-4H2. The van der Waals surface area contributed by atoms with E-state index < -0.39 is 0 Å². The maximum atomic E-state index is 4.29. The monoisotopic (exact) mass is 278 g/mol. The molecule has 11 heavy (non-hydrogen) atoms. The predicted molar refractivity (Wildman–Crippen MR) is 50.6 cm³/mol. The Labute approximate surface area is 82.3 Å². The predicted octanol–water partition coefficient (Wildman–Crippen LogP) is 2.74. The van der Waals surface area contributed by atoms with E-state index in [1.807, 2.05) is 0 Å². The summed E-state index contributed by atoms with van der Waals surface area (Å²) in [4.78, 5) is 4.29. The number of nitrogens with zero attached hydrogens (tertiary/aromatic N) is 2. The Bertz CT molecular complexity index is 254. The zero-order chi connectivity index (χ0) is 7.84. The molecule has 1 aromatic rings. The third kappa shape index (κ3) is 1.26. The summed E-state index contributed by atoms with van der Waals surface area (Å²) in [6, 6.07) is 0. The van der Waals surface area contributed by atoms with Crippen LogP contribution in [0.3, 0.4) is 0 Å². The normalized spacial score (nSPS) is 16.5. The number of hydrogen-bond donors (Lipinski definition) is 0. The van der Waals surface area contributed by atoms with Crippen molar-refractivity contribution < 1.29 is 0 Å². The second-order valence-corrected chi connectivity index (χ2v) is 4.19. The van der Waals surface area contributed by atoms with E-state index in [0.717, 1.165) is 22.3 Å². The average molecular weight is 280 g/mol. The molecule has 0 aliphatic carbocycles. The van der Waals surface area contributed by atoms with Crippen LogP contribution in [0.2, 0.25) is 0 Å². The minimum atomic E-state index is 0.957. The van der Waals surface area contributed by atoms with Crippen LogP contribution < -0.4 is 0 Å². The molecule has 0 saturated heterocycles. The van der Waals surface area contributed by atoms with Gasteiger partial charge in [0.15, 0.2) is 4.73 Å². The summed E-state index contributed by atoms with van der Waals surface area (Å²) in [7, 11) is 0. The SMILES string of the molecule is Brc1nc(Br)n2c1CCCC2. The van der Waals surface area contributed by atoms with Crippen LogP contribution >= 0.6 is 31.9 Å². The zero-order valence-corrected chi connectivity index (χ0v) is 9.15. The van der Waals surface area contributed by atoms with Crippen molar-refractivity contribution in [2.75, 3.05) is 0 Å². The number of fused-ring (bicyclic) bond motifs is 1. The van der Waals surface area contributed by atoms with E-state index in [2.05, 4.69) is 41.4 Å². The molecule has 0 saturated carbocycles. The third-order valence-electron chi connectivity index (χ3n) is 2.02. The fourth-order valence-electron chi connectivity index (χ4n) is 1.46. The molecule has 0 spiro atoms. The Morgan fingerprint density at radius 3 is 2.82 bits per heavy atom. The van der Waals surface area contributed by atoms with Crippen molar-refractivity contribution in [2.45, 2.75) is 25.8 Å². The quantitative estimate of drug-likeness (QED) is 0.714. The van der Waals surface area contributed by atoms with Gasteiger partial charge in [0.1, 0.15) is 4.60 Å². The van der Waals surface area contributed by atoms with Crippen LogP contribution in [-0.2, 0) is 13.0 Å². The van der Waals surface area contributed by atoms with Crippen molar-refractivity contribution in [2.24, 2.45) is 0 Å². The van der Waals surface area contributed by atoms with Crippen molar-refractivity contribution >= 4 is 31.9 Å². The molecular formula is C7H8Br2N2. The topological polar surface area (TPSA) is 17.8 Å². The molecule has 2 nitrogen and oxygen atoms in total. The summed E-state index contributed by atoms with van der Waals surface area (Å²) in [5.41, 5.74) is 1.34. The van der Waals surface area contributed by atoms with Crippen LogP contribution in [-0.4, -0.2) is 9.55 Å². The Hall–Kier alpha value is 0.170. The van der Waals surface area contributed by atoms with Gasteiger partial charge in [-0.05, 0) is 51.1 Å². The van der Waals surface area contributed by atoms with E-state index in [1.165, 1.54) is 18.5 Å². The van der Waals surface area contributed by atoms with Gasteiger partial charge in [0, 0.05) is 6.54 Å². The maximum Gasteiger partial charge on any atom is 0.178 e. The lowest BCUT2D eigenvalue weighted by Crippen LogP contribution is -2.09. The van der Waals surface area contributed by atoms with Gasteiger partial charge in [-0.3, -0.25) is 0 Å². The van der Waals surface area contributed by atoms with Crippen LogP contribution in [0.4, 0.5) is 0 Å². The summed E-state index contributed by atoms with van der Waals surface area (Å²) in [5, 5.41) is 0. The summed E-state index contributed by atoms with van der Waals surface area (Å²) in [6.07, 6.45) is 3.71. The Morgan fingerprint density at radius 2 is 2.09 bits per heavy atom. The summed E-state index contributed by atoms with van der Waals surface area (Å²) in [5.74, 6) is 0. The maximum absolute atomic E-state index is 4.29. The highest BCUT2D eigenvalue weighted by molar-refractivity contribution is 9.11. The van der Waals surface area contributed by atoms with E-state index in [9.17, 15) is 0 Å². The molecule has 0 atom stereocenters. The number of rotatable bonds is 0. The van der Waals surface area contributed by atoms with Crippen LogP contribution in [0.1, 0.15) is 18.5 Å². The second-order valence-electron chi connectivity index (χ2n) is 2.73. The van der Waals surface area contributed by atoms with E-state index >= 15 is 0 Å². The van der Waals surface area contributed by atoms with Gasteiger partial charge in [-0.15, -0.1) is 0 Å². The van der Waals surface area contributed by atoms with Crippen molar-refractivity contribution in [1.82, 2.24) is 9.55 Å². The Kier molecular flexibility index (Phi) is 2.06. The molecule has 1 aromatic heterocycles. The minimum absolute atomic E-state index is 0.957. The first-order valence-electron chi connectivity index (χ1n) is 3.69. The number of imidazole rings is 1. The highest BCUT2D eigenvalue weighted by Gasteiger charge is 2.16. The molecule has 2 heterocycles. The molecule has 0 N–H and O–H groups in total. The highest BCUT2D eigenvalue weighted by atomic mass is 79.9. The molecule has 4 heteroatoms. The molecule has 0 amide bonds. The molecule has 1 aliphatic rings. The van der Waals surface area contributed by atoms with Crippen LogP contribution in [0, 0.1) is 0 Å². The van der Waals surface area contributed by atoms with E-state index in [-0.39, 0.29) is 0 Å². The van der Waals surface area contributed by atoms with Crippen LogP contribution in [0.15, 0.2) is 9.34 Å². The first-order valence-corrected chi connectivity index (χ1v) is 5.28. The lowest BCUT2D eigenvalue weighted by molar-refractivity contribution is 0.523. The van der Waals surface area contributed by atoms with Crippen molar-refractivity contribution in [3.8, 4) is 0 Å². The van der Waals surface area contributed by atoms with Gasteiger partial charge in [-0.2, -0.15) is 0 Å². The summed E-state index contributed by atoms with van der Waals surface area (Å²) >= 11 is 6.87. The van der Waals surface area contributed by atoms with Gasteiger partial charge in [-0.25, -0.2) is 4.98 Å². The molecule has 0 bridgehead atoms. The molecule has 0 fully saturated rings. The van der Waals surface area contributed by atoms with Crippen molar-refractivity contribution in [1.29, 1.82) is 0 Å². The average Bonchev–Trinajstić information content (AvgIpc) is 2.30. The molecule has 0 radical (unpaired) electrons. The van der Waals surface area contributed by atoms with Crippen LogP contribution in [0.25, 0.3) is 0 Å².